The van der Waals surface area contributed by atoms with Gasteiger partial charge in [-0.3, -0.25) is 4.79 Å². The predicted octanol–water partition coefficient (Wildman–Crippen LogP) is 7.89. The van der Waals surface area contributed by atoms with Crippen LogP contribution >= 0.6 is 0 Å². The molecule has 1 aliphatic rings. The van der Waals surface area contributed by atoms with Gasteiger partial charge in [-0.25, -0.2) is 0 Å². The molecular formula is C46H91NO10. The molecular weight excluding hydrogens is 727 g/mol. The summed E-state index contributed by atoms with van der Waals surface area (Å²) in [5.74, 6) is -0.693. The van der Waals surface area contributed by atoms with Gasteiger partial charge in [-0.1, -0.05) is 206 Å². The SMILES string of the molecule is CCCCCCCCCCCCCCCCCCC(O)C(=O)NC(COC1OC(CO)C(O)C(O)C1O)C(O)C(O)CCCCCCCCCCCCCCCC. The molecule has 0 aromatic rings. The number of amides is 1. The fourth-order valence-electron chi connectivity index (χ4n) is 7.91. The van der Waals surface area contributed by atoms with E-state index in [-0.39, 0.29) is 6.42 Å². The summed E-state index contributed by atoms with van der Waals surface area (Å²) in [6.07, 6.45) is 25.7. The Hall–Kier alpha value is -0.890. The number of ether oxygens (including phenoxy) is 2. The van der Waals surface area contributed by atoms with Crippen molar-refractivity contribution < 1.29 is 50.0 Å². The monoisotopic (exact) mass is 818 g/mol. The van der Waals surface area contributed by atoms with Crippen LogP contribution in [0.25, 0.3) is 0 Å². The summed E-state index contributed by atoms with van der Waals surface area (Å²) < 4.78 is 11.1. The minimum Gasteiger partial charge on any atom is -0.394 e. The largest absolute Gasteiger partial charge is 0.394 e. The number of aliphatic hydroxyl groups is 7. The molecule has 0 saturated carbocycles. The van der Waals surface area contributed by atoms with E-state index in [4.69, 9.17) is 9.47 Å². The number of hydrogen-bond acceptors (Lipinski definition) is 10. The molecule has 9 atom stereocenters. The summed E-state index contributed by atoms with van der Waals surface area (Å²) in [6.45, 7) is 3.45. The normalized spacial score (nSPS) is 22.0. The highest BCUT2D eigenvalue weighted by Gasteiger charge is 2.44. The van der Waals surface area contributed by atoms with Crippen molar-refractivity contribution >= 4 is 5.91 Å². The highest BCUT2D eigenvalue weighted by molar-refractivity contribution is 5.80. The van der Waals surface area contributed by atoms with Crippen molar-refractivity contribution in [3.05, 3.63) is 0 Å². The van der Waals surface area contributed by atoms with Crippen LogP contribution < -0.4 is 5.32 Å². The Morgan fingerprint density at radius 2 is 0.912 bits per heavy atom. The van der Waals surface area contributed by atoms with Crippen LogP contribution in [-0.4, -0.2) is 110 Å². The van der Waals surface area contributed by atoms with Crippen molar-refractivity contribution in [1.29, 1.82) is 0 Å². The van der Waals surface area contributed by atoms with Gasteiger partial charge in [0, 0.05) is 0 Å². The third-order valence-corrected chi connectivity index (χ3v) is 11.9. The summed E-state index contributed by atoms with van der Waals surface area (Å²) in [4.78, 5) is 13.1. The number of carbonyl (C=O) groups excluding carboxylic acids is 1. The summed E-state index contributed by atoms with van der Waals surface area (Å²) in [6, 6.07) is -1.16. The van der Waals surface area contributed by atoms with Crippen molar-refractivity contribution in [1.82, 2.24) is 5.32 Å². The first kappa shape index (κ1) is 54.1. The molecule has 1 fully saturated rings. The molecule has 9 unspecified atom stereocenters. The van der Waals surface area contributed by atoms with Gasteiger partial charge in [0.2, 0.25) is 5.91 Å². The molecule has 11 nitrogen and oxygen atoms in total. The summed E-state index contributed by atoms with van der Waals surface area (Å²) in [5.41, 5.74) is 0. The van der Waals surface area contributed by atoms with Gasteiger partial charge in [0.05, 0.1) is 25.4 Å². The lowest BCUT2D eigenvalue weighted by atomic mass is 9.98. The molecule has 1 heterocycles. The van der Waals surface area contributed by atoms with Crippen LogP contribution in [0.5, 0.6) is 0 Å². The second kappa shape index (κ2) is 36.9. The van der Waals surface area contributed by atoms with Crippen LogP contribution in [0.4, 0.5) is 0 Å². The Balaban J connectivity index is 2.43. The molecule has 0 radical (unpaired) electrons. The van der Waals surface area contributed by atoms with Gasteiger partial charge in [-0.2, -0.15) is 0 Å². The van der Waals surface area contributed by atoms with Crippen LogP contribution in [0.15, 0.2) is 0 Å². The maximum absolute atomic E-state index is 13.1. The molecule has 0 aromatic heterocycles. The van der Waals surface area contributed by atoms with Gasteiger partial charge >= 0.3 is 0 Å². The number of hydrogen-bond donors (Lipinski definition) is 8. The van der Waals surface area contributed by atoms with E-state index in [1.807, 2.05) is 0 Å². The Morgan fingerprint density at radius 3 is 1.30 bits per heavy atom. The van der Waals surface area contributed by atoms with Gasteiger partial charge in [0.25, 0.3) is 0 Å². The van der Waals surface area contributed by atoms with Gasteiger partial charge < -0.3 is 50.5 Å². The molecule has 0 aliphatic carbocycles. The zero-order valence-electron chi connectivity index (χ0n) is 36.6. The lowest BCUT2D eigenvalue weighted by Crippen LogP contribution is -2.60. The van der Waals surface area contributed by atoms with E-state index in [0.717, 1.165) is 38.5 Å². The molecule has 0 aromatic carbocycles. The molecule has 8 N–H and O–H groups in total. The first-order valence-electron chi connectivity index (χ1n) is 23.9. The highest BCUT2D eigenvalue weighted by atomic mass is 16.7. The Labute approximate surface area is 348 Å². The lowest BCUT2D eigenvalue weighted by Gasteiger charge is -2.40. The molecule has 340 valence electrons. The Bertz CT molecular complexity index is 897. The number of nitrogens with one attached hydrogen (secondary N) is 1. The molecule has 0 spiro atoms. The van der Waals surface area contributed by atoms with E-state index >= 15 is 0 Å². The Morgan fingerprint density at radius 1 is 0.544 bits per heavy atom. The van der Waals surface area contributed by atoms with Gasteiger partial charge in [-0.15, -0.1) is 0 Å². The number of carbonyl (C=O) groups is 1. The van der Waals surface area contributed by atoms with Crippen molar-refractivity contribution in [3.63, 3.8) is 0 Å². The van der Waals surface area contributed by atoms with Crippen molar-refractivity contribution in [2.45, 2.75) is 274 Å². The van der Waals surface area contributed by atoms with Gasteiger partial charge in [0.1, 0.15) is 36.6 Å². The molecule has 57 heavy (non-hydrogen) atoms. The topological polar surface area (TPSA) is 189 Å². The lowest BCUT2D eigenvalue weighted by molar-refractivity contribution is -0.303. The highest BCUT2D eigenvalue weighted by Crippen LogP contribution is 2.23. The predicted molar refractivity (Wildman–Crippen MR) is 229 cm³/mol. The standard InChI is InChI=1S/C46H91NO10/c1-3-5-7-9-11-13-15-17-19-20-22-24-26-28-30-32-34-39(50)45(55)47-37(36-56-46-44(54)43(53)42(52)40(35-48)57-46)41(51)38(49)33-31-29-27-25-23-21-18-16-14-12-10-8-6-4-2/h37-44,46,48-54H,3-36H2,1-2H3,(H,47,55). The smallest absolute Gasteiger partial charge is 0.249 e. The summed E-state index contributed by atoms with van der Waals surface area (Å²) in [5, 5.41) is 75.7. The van der Waals surface area contributed by atoms with Gasteiger partial charge in [0.15, 0.2) is 6.29 Å². The van der Waals surface area contributed by atoms with Crippen molar-refractivity contribution in [2.24, 2.45) is 0 Å². The van der Waals surface area contributed by atoms with E-state index < -0.39 is 74.2 Å². The third-order valence-electron chi connectivity index (χ3n) is 11.9. The maximum Gasteiger partial charge on any atom is 0.249 e. The van der Waals surface area contributed by atoms with Crippen LogP contribution in [0.3, 0.4) is 0 Å². The van der Waals surface area contributed by atoms with E-state index in [9.17, 15) is 40.5 Å². The van der Waals surface area contributed by atoms with Gasteiger partial charge in [-0.05, 0) is 12.8 Å². The van der Waals surface area contributed by atoms with Crippen LogP contribution in [0.1, 0.15) is 219 Å². The van der Waals surface area contributed by atoms with E-state index in [0.29, 0.717) is 19.3 Å². The second-order valence-electron chi connectivity index (χ2n) is 17.2. The first-order chi connectivity index (χ1) is 27.7. The van der Waals surface area contributed by atoms with Crippen LogP contribution in [0.2, 0.25) is 0 Å². The van der Waals surface area contributed by atoms with E-state index in [2.05, 4.69) is 19.2 Å². The number of unbranched alkanes of at least 4 members (excludes halogenated alkanes) is 28. The molecule has 0 bridgehead atoms. The second-order valence-corrected chi connectivity index (χ2v) is 17.2. The molecule has 1 saturated heterocycles. The fraction of sp³-hybridized carbons (Fsp3) is 0.978. The van der Waals surface area contributed by atoms with Crippen LogP contribution in [0, 0.1) is 0 Å². The molecule has 11 heteroatoms. The minimum atomic E-state index is -1.66. The number of aliphatic hydroxyl groups excluding tert-OH is 7. The van der Waals surface area contributed by atoms with E-state index in [1.165, 1.54) is 141 Å². The molecule has 1 aliphatic heterocycles. The zero-order chi connectivity index (χ0) is 41.9. The summed E-state index contributed by atoms with van der Waals surface area (Å²) >= 11 is 0. The maximum atomic E-state index is 13.1. The molecule has 1 amide bonds. The number of rotatable bonds is 40. The van der Waals surface area contributed by atoms with Crippen molar-refractivity contribution in [3.8, 4) is 0 Å². The zero-order valence-corrected chi connectivity index (χ0v) is 36.6. The van der Waals surface area contributed by atoms with E-state index in [1.54, 1.807) is 0 Å². The average molecular weight is 818 g/mol. The first-order valence-corrected chi connectivity index (χ1v) is 23.9. The average Bonchev–Trinajstić information content (AvgIpc) is 3.21. The fourth-order valence-corrected chi connectivity index (χ4v) is 7.91. The summed E-state index contributed by atoms with van der Waals surface area (Å²) in [7, 11) is 0. The van der Waals surface area contributed by atoms with Crippen molar-refractivity contribution in [2.75, 3.05) is 13.2 Å². The third kappa shape index (κ3) is 26.8. The Kier molecular flexibility index (Phi) is 35.1. The molecule has 1 rings (SSSR count). The minimum absolute atomic E-state index is 0.266. The quantitative estimate of drug-likeness (QED) is 0.0283. The van der Waals surface area contributed by atoms with Crippen LogP contribution in [-0.2, 0) is 14.3 Å².